The van der Waals surface area contributed by atoms with Crippen LogP contribution in [-0.4, -0.2) is 26.1 Å². The number of nitrogens with zero attached hydrogens (tertiary/aromatic N) is 3. The van der Waals surface area contributed by atoms with Gasteiger partial charge in [-0.25, -0.2) is 0 Å². The van der Waals surface area contributed by atoms with Crippen LogP contribution in [0.3, 0.4) is 0 Å². The summed E-state index contributed by atoms with van der Waals surface area (Å²) >= 11 is 3.35. The van der Waals surface area contributed by atoms with Gasteiger partial charge in [0.1, 0.15) is 11.8 Å². The number of benzene rings is 1. The summed E-state index contributed by atoms with van der Waals surface area (Å²) < 4.78 is 5.85. The molecule has 8 heteroatoms. The van der Waals surface area contributed by atoms with Gasteiger partial charge in [0.25, 0.3) is 0 Å². The molecule has 1 unspecified atom stereocenters. The van der Waals surface area contributed by atoms with Gasteiger partial charge in [0, 0.05) is 18.0 Å². The van der Waals surface area contributed by atoms with Crippen LogP contribution >= 0.6 is 15.9 Å². The van der Waals surface area contributed by atoms with E-state index in [1.807, 2.05) is 0 Å². The van der Waals surface area contributed by atoms with Crippen LogP contribution in [0.1, 0.15) is 11.6 Å². The molecule has 1 atom stereocenters. The number of hydrogen-bond acceptors (Lipinski definition) is 4. The molecule has 3 N–H and O–H groups in total. The number of amides is 1. The number of nitrogens with one attached hydrogen (secondary N) is 1. The lowest BCUT2D eigenvalue weighted by atomic mass is 10.1. The standard InChI is InChI=1S/C11H14BrN5O2/c1-19-9-3-2-7(6-8(9)12)10(11(13)18)15-4-5-16-17-14/h2-3,6,10,15H,4-5H2,1H3,(H2,13,18). The predicted octanol–water partition coefficient (Wildman–Crippen LogP) is 1.88. The molecule has 1 aromatic carbocycles. The van der Waals surface area contributed by atoms with Gasteiger partial charge in [-0.3, -0.25) is 4.79 Å². The van der Waals surface area contributed by atoms with E-state index >= 15 is 0 Å². The van der Waals surface area contributed by atoms with Gasteiger partial charge in [0.05, 0.1) is 11.6 Å². The number of carbonyl (C=O) groups is 1. The van der Waals surface area contributed by atoms with E-state index < -0.39 is 11.9 Å². The van der Waals surface area contributed by atoms with E-state index in [0.29, 0.717) is 17.9 Å². The third kappa shape index (κ3) is 4.44. The summed E-state index contributed by atoms with van der Waals surface area (Å²) in [7, 11) is 1.56. The highest BCUT2D eigenvalue weighted by Crippen LogP contribution is 2.27. The number of ether oxygens (including phenoxy) is 1. The molecule has 0 fully saturated rings. The van der Waals surface area contributed by atoms with Crippen molar-refractivity contribution in [2.75, 3.05) is 20.2 Å². The number of azide groups is 1. The molecule has 0 spiro atoms. The topological polar surface area (TPSA) is 113 Å². The van der Waals surface area contributed by atoms with Crippen molar-refractivity contribution in [3.8, 4) is 5.75 Å². The first-order chi connectivity index (χ1) is 9.10. The number of hydrogen-bond donors (Lipinski definition) is 2. The first-order valence-electron chi connectivity index (χ1n) is 5.47. The summed E-state index contributed by atoms with van der Waals surface area (Å²) in [5.41, 5.74) is 14.2. The van der Waals surface area contributed by atoms with E-state index in [1.54, 1.807) is 25.3 Å². The Morgan fingerprint density at radius 1 is 1.68 bits per heavy atom. The van der Waals surface area contributed by atoms with Crippen LogP contribution in [-0.2, 0) is 4.79 Å². The zero-order valence-corrected chi connectivity index (χ0v) is 11.9. The third-order valence-corrected chi connectivity index (χ3v) is 3.04. The molecule has 0 saturated carbocycles. The second kappa shape index (κ2) is 7.63. The summed E-state index contributed by atoms with van der Waals surface area (Å²) in [6.07, 6.45) is 0. The summed E-state index contributed by atoms with van der Waals surface area (Å²) in [5, 5.41) is 6.31. The van der Waals surface area contributed by atoms with Crippen LogP contribution in [0.4, 0.5) is 0 Å². The largest absolute Gasteiger partial charge is 0.496 e. The van der Waals surface area contributed by atoms with E-state index in [-0.39, 0.29) is 6.54 Å². The van der Waals surface area contributed by atoms with E-state index in [0.717, 1.165) is 4.47 Å². The Hall–Kier alpha value is -1.76. The number of primary amides is 1. The number of carbonyl (C=O) groups excluding carboxylic acids is 1. The van der Waals surface area contributed by atoms with Crippen LogP contribution in [0.2, 0.25) is 0 Å². The third-order valence-electron chi connectivity index (χ3n) is 2.42. The van der Waals surface area contributed by atoms with Crippen molar-refractivity contribution in [2.45, 2.75) is 6.04 Å². The van der Waals surface area contributed by atoms with Gasteiger partial charge >= 0.3 is 0 Å². The van der Waals surface area contributed by atoms with Crippen LogP contribution in [0.25, 0.3) is 10.4 Å². The van der Waals surface area contributed by atoms with E-state index in [2.05, 4.69) is 31.3 Å². The Morgan fingerprint density at radius 3 is 2.95 bits per heavy atom. The molecule has 0 radical (unpaired) electrons. The van der Waals surface area contributed by atoms with Gasteiger partial charge in [0.2, 0.25) is 5.91 Å². The van der Waals surface area contributed by atoms with Gasteiger partial charge < -0.3 is 15.8 Å². The second-order valence-corrected chi connectivity index (χ2v) is 4.49. The Balaban J connectivity index is 2.83. The average Bonchev–Trinajstić information content (AvgIpc) is 2.38. The SMILES string of the molecule is COc1ccc(C(NCCN=[N+]=[N-])C(N)=O)cc1Br. The van der Waals surface area contributed by atoms with Crippen molar-refractivity contribution in [1.82, 2.24) is 5.32 Å². The van der Waals surface area contributed by atoms with Gasteiger partial charge in [-0.2, -0.15) is 0 Å². The smallest absolute Gasteiger partial charge is 0.239 e. The molecule has 0 aromatic heterocycles. The fraction of sp³-hybridized carbons (Fsp3) is 0.364. The molecular weight excluding hydrogens is 314 g/mol. The molecule has 0 bridgehead atoms. The molecule has 102 valence electrons. The lowest BCUT2D eigenvalue weighted by Gasteiger charge is -2.16. The minimum Gasteiger partial charge on any atom is -0.496 e. The molecule has 1 rings (SSSR count). The Kier molecular flexibility index (Phi) is 6.14. The van der Waals surface area contributed by atoms with Gasteiger partial charge in [-0.05, 0) is 39.2 Å². The zero-order valence-electron chi connectivity index (χ0n) is 10.3. The highest BCUT2D eigenvalue weighted by atomic mass is 79.9. The van der Waals surface area contributed by atoms with Crippen LogP contribution in [0.5, 0.6) is 5.75 Å². The van der Waals surface area contributed by atoms with Crippen LogP contribution in [0, 0.1) is 0 Å². The van der Waals surface area contributed by atoms with Gasteiger partial charge in [-0.1, -0.05) is 11.2 Å². The minimum absolute atomic E-state index is 0.248. The van der Waals surface area contributed by atoms with E-state index in [4.69, 9.17) is 16.0 Å². The molecule has 0 saturated heterocycles. The fourth-order valence-electron chi connectivity index (χ4n) is 1.55. The Labute approximate surface area is 118 Å². The maximum Gasteiger partial charge on any atom is 0.239 e. The number of rotatable bonds is 7. The molecule has 0 heterocycles. The number of methoxy groups -OCH3 is 1. The minimum atomic E-state index is -0.643. The first kappa shape index (κ1) is 15.3. The van der Waals surface area contributed by atoms with E-state index in [1.165, 1.54) is 0 Å². The number of nitrogens with two attached hydrogens (primary N) is 1. The normalized spacial score (nSPS) is 11.5. The van der Waals surface area contributed by atoms with Crippen molar-refractivity contribution in [3.05, 3.63) is 38.7 Å². The number of halogens is 1. The summed E-state index contributed by atoms with van der Waals surface area (Å²) in [6, 6.07) is 4.61. The van der Waals surface area contributed by atoms with Gasteiger partial charge in [-0.15, -0.1) is 0 Å². The van der Waals surface area contributed by atoms with Crippen molar-refractivity contribution < 1.29 is 9.53 Å². The molecule has 0 aliphatic heterocycles. The Bertz CT molecular complexity index is 502. The summed E-state index contributed by atoms with van der Waals surface area (Å²) in [4.78, 5) is 14.1. The van der Waals surface area contributed by atoms with Crippen molar-refractivity contribution in [3.63, 3.8) is 0 Å². The molecular formula is C11H14BrN5O2. The van der Waals surface area contributed by atoms with Crippen molar-refractivity contribution in [1.29, 1.82) is 0 Å². The maximum atomic E-state index is 11.4. The highest BCUT2D eigenvalue weighted by Gasteiger charge is 2.17. The second-order valence-electron chi connectivity index (χ2n) is 3.64. The van der Waals surface area contributed by atoms with Crippen LogP contribution < -0.4 is 15.8 Å². The maximum absolute atomic E-state index is 11.4. The van der Waals surface area contributed by atoms with Gasteiger partial charge in [0.15, 0.2) is 0 Å². The molecule has 1 amide bonds. The molecule has 0 aliphatic rings. The lowest BCUT2D eigenvalue weighted by Crippen LogP contribution is -2.34. The van der Waals surface area contributed by atoms with Crippen LogP contribution in [0.15, 0.2) is 27.8 Å². The quantitative estimate of drug-likeness (QED) is 0.345. The van der Waals surface area contributed by atoms with Crippen molar-refractivity contribution >= 4 is 21.8 Å². The lowest BCUT2D eigenvalue weighted by molar-refractivity contribution is -0.120. The summed E-state index contributed by atoms with van der Waals surface area (Å²) in [6.45, 7) is 0.610. The molecule has 1 aromatic rings. The van der Waals surface area contributed by atoms with Crippen molar-refractivity contribution in [2.24, 2.45) is 10.8 Å². The predicted molar refractivity (Wildman–Crippen MR) is 74.6 cm³/mol. The fourth-order valence-corrected chi connectivity index (χ4v) is 2.11. The summed E-state index contributed by atoms with van der Waals surface area (Å²) in [5.74, 6) is 0.166. The monoisotopic (exact) mass is 327 g/mol. The first-order valence-corrected chi connectivity index (χ1v) is 6.26. The highest BCUT2D eigenvalue weighted by molar-refractivity contribution is 9.10. The average molecular weight is 328 g/mol. The molecule has 19 heavy (non-hydrogen) atoms. The van der Waals surface area contributed by atoms with E-state index in [9.17, 15) is 4.79 Å². The Morgan fingerprint density at radius 2 is 2.42 bits per heavy atom. The molecule has 0 aliphatic carbocycles. The zero-order chi connectivity index (χ0) is 14.3. The molecule has 7 nitrogen and oxygen atoms in total.